The number of nitrogen functional groups attached to an aromatic ring is 1. The number of rotatable bonds is 2. The van der Waals surface area contributed by atoms with Gasteiger partial charge < -0.3 is 5.73 Å². The molecular formula is C27H16F3N3OS2. The monoisotopic (exact) mass is 519 g/mol. The number of hydrogen-bond donors (Lipinski definition) is 1. The molecule has 2 N–H and O–H groups in total. The fraction of sp³-hybridized carbons (Fsp3) is 0.0370. The van der Waals surface area contributed by atoms with Crippen molar-refractivity contribution < 1.29 is 18.0 Å². The number of aromatic nitrogens is 1. The maximum absolute atomic E-state index is 14.2. The lowest BCUT2D eigenvalue weighted by atomic mass is 10.1. The van der Waals surface area contributed by atoms with Crippen LogP contribution >= 0.6 is 23.1 Å². The van der Waals surface area contributed by atoms with Gasteiger partial charge >= 0.3 is 6.18 Å². The summed E-state index contributed by atoms with van der Waals surface area (Å²) in [6, 6.07) is 24.4. The molecular weight excluding hydrogens is 503 g/mol. The Morgan fingerprint density at radius 2 is 1.44 bits per heavy atom. The molecule has 0 fully saturated rings. The zero-order valence-corrected chi connectivity index (χ0v) is 20.0. The molecule has 0 spiro atoms. The van der Waals surface area contributed by atoms with Crippen LogP contribution in [0.25, 0.3) is 21.5 Å². The summed E-state index contributed by atoms with van der Waals surface area (Å²) in [6.07, 6.45) is -4.68. The number of benzene rings is 3. The van der Waals surface area contributed by atoms with Crippen molar-refractivity contribution in [1.29, 1.82) is 0 Å². The van der Waals surface area contributed by atoms with Crippen molar-refractivity contribution in [3.63, 3.8) is 0 Å². The lowest BCUT2D eigenvalue weighted by Gasteiger charge is -2.30. The van der Waals surface area contributed by atoms with Crippen LogP contribution < -0.4 is 10.6 Å². The number of thiophene rings is 1. The number of carbonyl (C=O) groups excluding carboxylic acids is 1. The Kier molecular flexibility index (Phi) is 5.27. The van der Waals surface area contributed by atoms with E-state index in [9.17, 15) is 18.0 Å². The zero-order chi connectivity index (χ0) is 25.0. The average molecular weight is 520 g/mol. The van der Waals surface area contributed by atoms with Crippen LogP contribution in [0.2, 0.25) is 0 Å². The molecule has 1 amide bonds. The highest BCUT2D eigenvalue weighted by Crippen LogP contribution is 2.50. The third kappa shape index (κ3) is 3.63. The third-order valence-corrected chi connectivity index (χ3v) is 8.12. The number of hydrogen-bond acceptors (Lipinski definition) is 5. The first-order valence-electron chi connectivity index (χ1n) is 10.9. The Morgan fingerprint density at radius 1 is 0.861 bits per heavy atom. The molecule has 0 aliphatic carbocycles. The Bertz CT molecular complexity index is 1600. The van der Waals surface area contributed by atoms with E-state index in [1.54, 1.807) is 30.3 Å². The van der Waals surface area contributed by atoms with E-state index in [1.807, 2.05) is 48.5 Å². The van der Waals surface area contributed by atoms with Crippen molar-refractivity contribution in [3.05, 3.63) is 95.4 Å². The number of carbonyl (C=O) groups is 1. The molecule has 6 rings (SSSR count). The van der Waals surface area contributed by atoms with Gasteiger partial charge in [-0.05, 0) is 30.3 Å². The number of alkyl halides is 3. The van der Waals surface area contributed by atoms with Gasteiger partial charge in [0.2, 0.25) is 0 Å². The molecule has 36 heavy (non-hydrogen) atoms. The second-order valence-electron chi connectivity index (χ2n) is 8.12. The molecule has 3 heterocycles. The van der Waals surface area contributed by atoms with Crippen molar-refractivity contribution >= 4 is 56.3 Å². The van der Waals surface area contributed by atoms with Crippen molar-refractivity contribution in [2.45, 2.75) is 16.0 Å². The summed E-state index contributed by atoms with van der Waals surface area (Å²) in [6.45, 7) is 0. The van der Waals surface area contributed by atoms with E-state index in [1.165, 1.54) is 16.7 Å². The van der Waals surface area contributed by atoms with Crippen LogP contribution in [-0.4, -0.2) is 10.9 Å². The highest BCUT2D eigenvalue weighted by Gasteiger charge is 2.38. The summed E-state index contributed by atoms with van der Waals surface area (Å²) in [4.78, 5) is 21.8. The Balaban J connectivity index is 1.56. The number of nitrogens with zero attached hydrogens (tertiary/aromatic N) is 2. The van der Waals surface area contributed by atoms with Gasteiger partial charge in [-0.1, -0.05) is 66.4 Å². The van der Waals surface area contributed by atoms with Crippen LogP contribution in [0.4, 0.5) is 30.2 Å². The van der Waals surface area contributed by atoms with Crippen LogP contribution in [-0.2, 0) is 6.18 Å². The average Bonchev–Trinajstić information content (AvgIpc) is 3.22. The molecule has 1 aliphatic rings. The van der Waals surface area contributed by atoms with Gasteiger partial charge in [0.25, 0.3) is 5.91 Å². The number of anilines is 3. The summed E-state index contributed by atoms with van der Waals surface area (Å²) in [5.74, 6) is -0.495. The fourth-order valence-corrected chi connectivity index (χ4v) is 6.39. The normalized spacial score (nSPS) is 12.9. The third-order valence-electron chi connectivity index (χ3n) is 5.90. The van der Waals surface area contributed by atoms with Gasteiger partial charge in [0, 0.05) is 20.7 Å². The predicted molar refractivity (Wildman–Crippen MR) is 138 cm³/mol. The molecule has 4 nitrogen and oxygen atoms in total. The number of fused-ring (bicyclic) bond motifs is 3. The molecule has 3 aromatic carbocycles. The second-order valence-corrected chi connectivity index (χ2v) is 10.2. The highest BCUT2D eigenvalue weighted by atomic mass is 32.2. The highest BCUT2D eigenvalue weighted by molar-refractivity contribution is 7.99. The zero-order valence-electron chi connectivity index (χ0n) is 18.4. The topological polar surface area (TPSA) is 59.2 Å². The number of para-hydroxylation sites is 2. The van der Waals surface area contributed by atoms with Gasteiger partial charge in [-0.3, -0.25) is 9.69 Å². The molecule has 1 aliphatic heterocycles. The molecule has 9 heteroatoms. The Hall–Kier alpha value is -3.82. The summed E-state index contributed by atoms with van der Waals surface area (Å²) < 4.78 is 42.5. The number of nitrogens with two attached hydrogens (primary N) is 1. The lowest BCUT2D eigenvalue weighted by molar-refractivity contribution is -0.136. The second kappa shape index (κ2) is 8.39. The predicted octanol–water partition coefficient (Wildman–Crippen LogP) is 8.01. The molecule has 0 unspecified atom stereocenters. The van der Waals surface area contributed by atoms with Crippen molar-refractivity contribution in [3.8, 4) is 11.3 Å². The molecule has 0 bridgehead atoms. The maximum atomic E-state index is 14.2. The maximum Gasteiger partial charge on any atom is 0.417 e. The molecule has 0 atom stereocenters. The van der Waals surface area contributed by atoms with Crippen molar-refractivity contribution in [2.75, 3.05) is 10.6 Å². The number of amides is 1. The quantitative estimate of drug-likeness (QED) is 0.257. The summed E-state index contributed by atoms with van der Waals surface area (Å²) in [5, 5.41) is -0.247. The van der Waals surface area contributed by atoms with Gasteiger partial charge in [-0.25, -0.2) is 4.98 Å². The summed E-state index contributed by atoms with van der Waals surface area (Å²) in [5.41, 5.74) is 7.18. The molecule has 0 saturated heterocycles. The largest absolute Gasteiger partial charge is 0.417 e. The molecule has 5 aromatic rings. The van der Waals surface area contributed by atoms with E-state index in [0.717, 1.165) is 27.2 Å². The van der Waals surface area contributed by atoms with Gasteiger partial charge in [-0.15, -0.1) is 11.3 Å². The molecule has 0 saturated carbocycles. The smallest absolute Gasteiger partial charge is 0.397 e. The minimum atomic E-state index is -4.68. The first-order valence-corrected chi connectivity index (χ1v) is 12.5. The SMILES string of the molecule is Nc1c(C(=O)N2c3ccccc3Sc3ccccc32)sc2nc(-c3ccccc3)cc(C(F)(F)F)c12. The van der Waals surface area contributed by atoms with Crippen molar-refractivity contribution in [2.24, 2.45) is 0 Å². The Morgan fingerprint density at radius 3 is 2.06 bits per heavy atom. The summed E-state index contributed by atoms with van der Waals surface area (Å²) >= 11 is 2.41. The number of halogens is 3. The van der Waals surface area contributed by atoms with Crippen LogP contribution in [0, 0.1) is 0 Å². The fourth-order valence-electron chi connectivity index (χ4n) is 4.29. The molecule has 178 valence electrons. The van der Waals surface area contributed by atoms with Crippen LogP contribution in [0.15, 0.2) is 94.7 Å². The van der Waals surface area contributed by atoms with E-state index in [0.29, 0.717) is 16.9 Å². The van der Waals surface area contributed by atoms with Gasteiger partial charge in [-0.2, -0.15) is 13.2 Å². The number of pyridine rings is 1. The van der Waals surface area contributed by atoms with E-state index < -0.39 is 17.6 Å². The van der Waals surface area contributed by atoms with Crippen molar-refractivity contribution in [1.82, 2.24) is 4.98 Å². The van der Waals surface area contributed by atoms with E-state index in [-0.39, 0.29) is 26.5 Å². The van der Waals surface area contributed by atoms with E-state index in [2.05, 4.69) is 4.98 Å². The lowest BCUT2D eigenvalue weighted by Crippen LogP contribution is -2.28. The molecule has 0 radical (unpaired) electrons. The van der Waals surface area contributed by atoms with Gasteiger partial charge in [0.15, 0.2) is 0 Å². The van der Waals surface area contributed by atoms with Crippen LogP contribution in [0.1, 0.15) is 15.2 Å². The first kappa shape index (κ1) is 22.6. The molecule has 2 aromatic heterocycles. The minimum Gasteiger partial charge on any atom is -0.397 e. The first-order chi connectivity index (χ1) is 17.3. The standard InChI is InChI=1S/C27H16F3N3OS2/c28-27(29,30)16-14-17(15-8-2-1-3-9-15)32-25-22(16)23(31)24(36-25)26(34)33-18-10-4-6-12-20(18)35-21-13-7-5-11-19(21)33/h1-14H,31H2. The van der Waals surface area contributed by atoms with E-state index in [4.69, 9.17) is 5.73 Å². The van der Waals surface area contributed by atoms with Crippen LogP contribution in [0.5, 0.6) is 0 Å². The Labute approximate surface area is 212 Å². The van der Waals surface area contributed by atoms with Gasteiger partial charge in [0.1, 0.15) is 9.71 Å². The summed E-state index contributed by atoms with van der Waals surface area (Å²) in [7, 11) is 0. The van der Waals surface area contributed by atoms with Crippen LogP contribution in [0.3, 0.4) is 0 Å². The van der Waals surface area contributed by atoms with Gasteiger partial charge in [0.05, 0.1) is 28.3 Å². The van der Waals surface area contributed by atoms with E-state index >= 15 is 0 Å². The minimum absolute atomic E-state index is 0.0183.